The van der Waals surface area contributed by atoms with Crippen molar-refractivity contribution in [2.75, 3.05) is 6.54 Å². The maximum absolute atomic E-state index is 12.5. The molecule has 1 aliphatic heterocycles. The van der Waals surface area contributed by atoms with Crippen molar-refractivity contribution in [1.82, 2.24) is 10.2 Å². The van der Waals surface area contributed by atoms with E-state index >= 15 is 0 Å². The Balaban J connectivity index is 2.68. The standard InChI is InChI=1S/C17H34N2O2/c1-13(2)18-14(3)12-15-10-8-7-9-11-19(15)16(20)21-17(4,5)6/h13-15,18H,7-12H2,1-6H3. The normalized spacial score (nSPS) is 22.0. The highest BCUT2D eigenvalue weighted by Crippen LogP contribution is 2.23. The summed E-state index contributed by atoms with van der Waals surface area (Å²) in [5, 5.41) is 3.54. The van der Waals surface area contributed by atoms with E-state index in [1.54, 1.807) is 0 Å². The average molecular weight is 298 g/mol. The second-order valence-corrected chi connectivity index (χ2v) is 7.64. The number of rotatable bonds is 4. The summed E-state index contributed by atoms with van der Waals surface area (Å²) >= 11 is 0. The van der Waals surface area contributed by atoms with E-state index in [9.17, 15) is 4.79 Å². The van der Waals surface area contributed by atoms with Crippen molar-refractivity contribution in [3.8, 4) is 0 Å². The van der Waals surface area contributed by atoms with Gasteiger partial charge in [0.05, 0.1) is 0 Å². The SMILES string of the molecule is CC(C)NC(C)CC1CCCCCN1C(=O)OC(C)(C)C. The van der Waals surface area contributed by atoms with Gasteiger partial charge in [-0.3, -0.25) is 0 Å². The van der Waals surface area contributed by atoms with E-state index in [1.165, 1.54) is 12.8 Å². The Bertz CT molecular complexity index is 323. The molecular weight excluding hydrogens is 264 g/mol. The highest BCUT2D eigenvalue weighted by atomic mass is 16.6. The van der Waals surface area contributed by atoms with E-state index in [4.69, 9.17) is 4.74 Å². The molecule has 4 heteroatoms. The minimum atomic E-state index is -0.421. The summed E-state index contributed by atoms with van der Waals surface area (Å²) < 4.78 is 5.59. The Morgan fingerprint density at radius 2 is 1.90 bits per heavy atom. The maximum atomic E-state index is 12.5. The number of likely N-dealkylation sites (tertiary alicyclic amines) is 1. The topological polar surface area (TPSA) is 41.6 Å². The number of nitrogens with zero attached hydrogens (tertiary/aromatic N) is 1. The van der Waals surface area contributed by atoms with Gasteiger partial charge < -0.3 is 15.0 Å². The molecule has 0 spiro atoms. The van der Waals surface area contributed by atoms with E-state index in [-0.39, 0.29) is 6.09 Å². The van der Waals surface area contributed by atoms with Crippen LogP contribution >= 0.6 is 0 Å². The van der Waals surface area contributed by atoms with Crippen molar-refractivity contribution < 1.29 is 9.53 Å². The van der Waals surface area contributed by atoms with E-state index < -0.39 is 5.60 Å². The molecule has 0 aromatic rings. The minimum absolute atomic E-state index is 0.147. The molecule has 124 valence electrons. The molecule has 2 unspecified atom stereocenters. The fourth-order valence-electron chi connectivity index (χ4n) is 3.03. The molecule has 0 bridgehead atoms. The molecule has 0 radical (unpaired) electrons. The average Bonchev–Trinajstić information content (AvgIpc) is 2.50. The van der Waals surface area contributed by atoms with Gasteiger partial charge in [0, 0.05) is 24.7 Å². The van der Waals surface area contributed by atoms with Crippen molar-refractivity contribution in [1.29, 1.82) is 0 Å². The highest BCUT2D eigenvalue weighted by Gasteiger charge is 2.30. The van der Waals surface area contributed by atoms with Crippen LogP contribution in [-0.2, 0) is 4.74 Å². The second kappa shape index (κ2) is 8.02. The van der Waals surface area contributed by atoms with Gasteiger partial charge in [0.15, 0.2) is 0 Å². The second-order valence-electron chi connectivity index (χ2n) is 7.64. The molecule has 1 aliphatic rings. The number of hydrogen-bond acceptors (Lipinski definition) is 3. The van der Waals surface area contributed by atoms with E-state index in [0.717, 1.165) is 25.8 Å². The Morgan fingerprint density at radius 1 is 1.24 bits per heavy atom. The molecule has 1 N–H and O–H groups in total. The third-order valence-corrected chi connectivity index (χ3v) is 3.75. The molecule has 0 aromatic heterocycles. The van der Waals surface area contributed by atoms with Crippen molar-refractivity contribution in [3.63, 3.8) is 0 Å². The molecule has 4 nitrogen and oxygen atoms in total. The van der Waals surface area contributed by atoms with Crippen LogP contribution in [0.3, 0.4) is 0 Å². The lowest BCUT2D eigenvalue weighted by Gasteiger charge is -2.34. The van der Waals surface area contributed by atoms with Gasteiger partial charge in [-0.25, -0.2) is 4.79 Å². The summed E-state index contributed by atoms with van der Waals surface area (Å²) in [6.07, 6.45) is 5.44. The summed E-state index contributed by atoms with van der Waals surface area (Å²) in [5.41, 5.74) is -0.421. The van der Waals surface area contributed by atoms with Crippen LogP contribution in [0.2, 0.25) is 0 Å². The summed E-state index contributed by atoms with van der Waals surface area (Å²) in [7, 11) is 0. The van der Waals surface area contributed by atoms with Crippen molar-refractivity contribution in [3.05, 3.63) is 0 Å². The zero-order chi connectivity index (χ0) is 16.0. The highest BCUT2D eigenvalue weighted by molar-refractivity contribution is 5.68. The number of carbonyl (C=O) groups excluding carboxylic acids is 1. The smallest absolute Gasteiger partial charge is 0.410 e. The van der Waals surface area contributed by atoms with Gasteiger partial charge in [-0.1, -0.05) is 26.7 Å². The van der Waals surface area contributed by atoms with Crippen LogP contribution in [0.4, 0.5) is 4.79 Å². The molecule has 1 rings (SSSR count). The molecule has 0 aromatic carbocycles. The molecular formula is C17H34N2O2. The van der Waals surface area contributed by atoms with Crippen molar-refractivity contribution >= 4 is 6.09 Å². The zero-order valence-corrected chi connectivity index (χ0v) is 14.7. The quantitative estimate of drug-likeness (QED) is 0.854. The van der Waals surface area contributed by atoms with Crippen LogP contribution in [0.5, 0.6) is 0 Å². The van der Waals surface area contributed by atoms with Gasteiger partial charge in [0.25, 0.3) is 0 Å². The minimum Gasteiger partial charge on any atom is -0.444 e. The molecule has 1 heterocycles. The van der Waals surface area contributed by atoms with E-state index in [2.05, 4.69) is 26.1 Å². The molecule has 0 saturated carbocycles. The Morgan fingerprint density at radius 3 is 2.48 bits per heavy atom. The molecule has 21 heavy (non-hydrogen) atoms. The first kappa shape index (κ1) is 18.3. The molecule has 1 fully saturated rings. The maximum Gasteiger partial charge on any atom is 0.410 e. The summed E-state index contributed by atoms with van der Waals surface area (Å²) in [5.74, 6) is 0. The summed E-state index contributed by atoms with van der Waals surface area (Å²) in [4.78, 5) is 14.4. The van der Waals surface area contributed by atoms with Crippen LogP contribution in [-0.4, -0.2) is 41.3 Å². The van der Waals surface area contributed by atoms with Gasteiger partial charge in [-0.2, -0.15) is 0 Å². The Hall–Kier alpha value is -0.770. The fraction of sp³-hybridized carbons (Fsp3) is 0.941. The molecule has 2 atom stereocenters. The first-order chi connectivity index (χ1) is 9.69. The fourth-order valence-corrected chi connectivity index (χ4v) is 3.03. The van der Waals surface area contributed by atoms with Gasteiger partial charge >= 0.3 is 6.09 Å². The Labute approximate surface area is 130 Å². The van der Waals surface area contributed by atoms with Gasteiger partial charge in [-0.05, 0) is 47.0 Å². The van der Waals surface area contributed by atoms with Crippen molar-refractivity contribution in [2.45, 2.75) is 97.4 Å². The van der Waals surface area contributed by atoms with Crippen LogP contribution in [0, 0.1) is 0 Å². The summed E-state index contributed by atoms with van der Waals surface area (Å²) in [6.45, 7) is 13.2. The molecule has 1 saturated heterocycles. The first-order valence-electron chi connectivity index (χ1n) is 8.44. The lowest BCUT2D eigenvalue weighted by atomic mass is 10.0. The Kier molecular flexibility index (Phi) is 6.98. The van der Waals surface area contributed by atoms with Crippen molar-refractivity contribution in [2.24, 2.45) is 0 Å². The van der Waals surface area contributed by atoms with Gasteiger partial charge in [0.2, 0.25) is 0 Å². The van der Waals surface area contributed by atoms with Crippen LogP contribution < -0.4 is 5.32 Å². The lowest BCUT2D eigenvalue weighted by molar-refractivity contribution is 0.0150. The van der Waals surface area contributed by atoms with E-state index in [0.29, 0.717) is 18.1 Å². The summed E-state index contributed by atoms with van der Waals surface area (Å²) in [6, 6.07) is 1.18. The van der Waals surface area contributed by atoms with Crippen LogP contribution in [0.1, 0.15) is 73.6 Å². The molecule has 1 amide bonds. The van der Waals surface area contributed by atoms with E-state index in [1.807, 2.05) is 25.7 Å². The number of carbonyl (C=O) groups is 1. The lowest BCUT2D eigenvalue weighted by Crippen LogP contribution is -2.46. The molecule has 0 aliphatic carbocycles. The third-order valence-electron chi connectivity index (χ3n) is 3.75. The van der Waals surface area contributed by atoms with Crippen LogP contribution in [0.25, 0.3) is 0 Å². The number of nitrogens with one attached hydrogen (secondary N) is 1. The number of amides is 1. The van der Waals surface area contributed by atoms with Crippen LogP contribution in [0.15, 0.2) is 0 Å². The number of ether oxygens (including phenoxy) is 1. The first-order valence-corrected chi connectivity index (χ1v) is 8.44. The third kappa shape index (κ3) is 7.16. The predicted octanol–water partition coefficient (Wildman–Crippen LogP) is 3.94. The number of hydrogen-bond donors (Lipinski definition) is 1. The largest absolute Gasteiger partial charge is 0.444 e. The van der Waals surface area contributed by atoms with Gasteiger partial charge in [-0.15, -0.1) is 0 Å². The van der Waals surface area contributed by atoms with Gasteiger partial charge in [0.1, 0.15) is 5.60 Å². The predicted molar refractivity (Wildman–Crippen MR) is 87.5 cm³/mol. The zero-order valence-electron chi connectivity index (χ0n) is 14.7. The monoisotopic (exact) mass is 298 g/mol.